The lowest BCUT2D eigenvalue weighted by Crippen LogP contribution is -2.61. The van der Waals surface area contributed by atoms with Crippen molar-refractivity contribution in [1.29, 1.82) is 0 Å². The summed E-state index contributed by atoms with van der Waals surface area (Å²) >= 11 is 0.697. The number of carbonyl (C=O) groups is 18. The van der Waals surface area contributed by atoms with Gasteiger partial charge >= 0.3 is 5.97 Å². The zero-order valence-corrected chi connectivity index (χ0v) is 71.6. The average molecular weight is 1780 g/mol. The van der Waals surface area contributed by atoms with Crippen molar-refractivity contribution < 1.29 is 112 Å². The molecule has 42 nitrogen and oxygen atoms in total. The van der Waals surface area contributed by atoms with Crippen LogP contribution in [0.1, 0.15) is 115 Å². The van der Waals surface area contributed by atoms with Crippen molar-refractivity contribution in [3.63, 3.8) is 0 Å². The van der Waals surface area contributed by atoms with Crippen molar-refractivity contribution in [2.45, 2.75) is 202 Å². The molecule has 5 aromatic rings. The molecular formula is C83H113N19O23S. The summed E-state index contributed by atoms with van der Waals surface area (Å²) in [6.45, 7) is 0.712. The fourth-order valence-electron chi connectivity index (χ4n) is 15.2. The van der Waals surface area contributed by atoms with Crippen LogP contribution in [0.5, 0.6) is 5.75 Å². The van der Waals surface area contributed by atoms with E-state index < -0.39 is 261 Å². The van der Waals surface area contributed by atoms with Crippen molar-refractivity contribution in [3.05, 3.63) is 102 Å². The summed E-state index contributed by atoms with van der Waals surface area (Å²) in [6, 6.07) is -3.05. The third-order valence-corrected chi connectivity index (χ3v) is 23.5. The van der Waals surface area contributed by atoms with Crippen LogP contribution in [0.25, 0.3) is 21.8 Å². The first-order valence-corrected chi connectivity index (χ1v) is 42.6. The minimum atomic E-state index is -1.86. The smallest absolute Gasteiger partial charge is 0.303 e. The highest BCUT2D eigenvalue weighted by atomic mass is 32.2. The fourth-order valence-corrected chi connectivity index (χ4v) is 16.0. The number of phenols is 1. The van der Waals surface area contributed by atoms with Gasteiger partial charge in [0.05, 0.1) is 25.3 Å². The topological polar surface area (TPSA) is 629 Å². The second kappa shape index (κ2) is 46.8. The monoisotopic (exact) mass is 1780 g/mol. The molecule has 0 bridgehead atoms. The van der Waals surface area contributed by atoms with Gasteiger partial charge in [-0.05, 0) is 106 Å². The number of para-hydroxylation sites is 2. The van der Waals surface area contributed by atoms with E-state index in [1.165, 1.54) is 59.3 Å². The Morgan fingerprint density at radius 1 is 0.492 bits per heavy atom. The van der Waals surface area contributed by atoms with Gasteiger partial charge in [0.1, 0.15) is 90.3 Å². The number of aliphatic hydroxyl groups excluding tert-OH is 3. The van der Waals surface area contributed by atoms with Crippen LogP contribution < -0.4 is 64.6 Å². The summed E-state index contributed by atoms with van der Waals surface area (Å²) in [5, 5.41) is 78.2. The Bertz CT molecular complexity index is 4800. The molecule has 126 heavy (non-hydrogen) atoms. The van der Waals surface area contributed by atoms with E-state index in [4.69, 9.17) is 11.5 Å². The molecule has 0 radical (unpaired) electrons. The highest BCUT2D eigenvalue weighted by Gasteiger charge is 2.45. The van der Waals surface area contributed by atoms with Gasteiger partial charge in [0.2, 0.25) is 100 Å². The highest BCUT2D eigenvalue weighted by molar-refractivity contribution is 8.00. The highest BCUT2D eigenvalue weighted by Crippen LogP contribution is 2.27. The van der Waals surface area contributed by atoms with Crippen molar-refractivity contribution in [2.75, 3.05) is 72.1 Å². The predicted molar refractivity (Wildman–Crippen MR) is 454 cm³/mol. The van der Waals surface area contributed by atoms with Gasteiger partial charge in [-0.1, -0.05) is 68.3 Å². The minimum Gasteiger partial charge on any atom is -0.508 e. The van der Waals surface area contributed by atoms with E-state index in [1.807, 2.05) is 0 Å². The largest absolute Gasteiger partial charge is 0.508 e. The summed E-state index contributed by atoms with van der Waals surface area (Å²) in [5.41, 5.74) is 13.7. The predicted octanol–water partition coefficient (Wildman–Crippen LogP) is -4.72. The number of phenolic OH excluding ortho intramolecular Hbond substituents is 1. The van der Waals surface area contributed by atoms with Gasteiger partial charge < -0.3 is 125 Å². The van der Waals surface area contributed by atoms with E-state index in [0.717, 1.165) is 24.5 Å². The van der Waals surface area contributed by atoms with Crippen LogP contribution in [0.4, 0.5) is 0 Å². The maximum Gasteiger partial charge on any atom is 0.303 e. The molecule has 17 amide bonds. The Balaban J connectivity index is 1.15. The normalized spacial score (nSPS) is 25.1. The number of nitrogens with two attached hydrogens (primary N) is 2. The molecule has 3 fully saturated rings. The van der Waals surface area contributed by atoms with Crippen LogP contribution in [0.15, 0.2) is 85.2 Å². The number of aromatic hydroxyl groups is 1. The Morgan fingerprint density at radius 3 is 1.53 bits per heavy atom. The van der Waals surface area contributed by atoms with Crippen LogP contribution in [-0.4, -0.2) is 323 Å². The molecule has 0 spiro atoms. The molecule has 3 aliphatic rings. The molecule has 43 heteroatoms. The molecule has 0 unspecified atom stereocenters. The number of primary amides is 2. The molecular weight excluding hydrogens is 1660 g/mol. The number of aliphatic hydroxyl groups is 3. The Labute approximate surface area is 729 Å². The van der Waals surface area contributed by atoms with Gasteiger partial charge in [0.25, 0.3) is 0 Å². The maximum atomic E-state index is 15.2. The lowest BCUT2D eigenvalue weighted by atomic mass is 10.0. The van der Waals surface area contributed by atoms with Crippen LogP contribution >= 0.6 is 11.8 Å². The summed E-state index contributed by atoms with van der Waals surface area (Å²) in [6.07, 6.45) is 0.0217. The number of carboxylic acid groups (broad SMARTS) is 1. The van der Waals surface area contributed by atoms with Gasteiger partial charge in [-0.25, -0.2) is 0 Å². The Morgan fingerprint density at radius 2 is 0.968 bits per heavy atom. The van der Waals surface area contributed by atoms with E-state index in [2.05, 4.69) is 63.1 Å². The lowest BCUT2D eigenvalue weighted by Gasteiger charge is -2.34. The fraction of sp³-hybridized carbons (Fsp3) is 0.518. The molecule has 3 aromatic carbocycles. The van der Waals surface area contributed by atoms with E-state index in [0.29, 0.717) is 56.7 Å². The first-order valence-electron chi connectivity index (χ1n) is 41.5. The number of nitrogens with one attached hydrogen (secondary N) is 12. The number of H-pyrrole nitrogens is 2. The number of rotatable bonds is 22. The first kappa shape index (κ1) is 98.7. The number of benzene rings is 3. The molecule has 3 aliphatic heterocycles. The summed E-state index contributed by atoms with van der Waals surface area (Å²) in [5.74, 6) is -19.7. The molecule has 14 atom stereocenters. The third kappa shape index (κ3) is 26.6. The number of hydrogen-bond donors (Lipinski definition) is 19. The van der Waals surface area contributed by atoms with E-state index in [1.54, 1.807) is 67.8 Å². The first-order chi connectivity index (χ1) is 60.0. The Kier molecular flexibility index (Phi) is 36.7. The number of nitrogens with zero attached hydrogens (tertiary/aromatic N) is 5. The number of likely N-dealkylation sites (N-methyl/N-ethyl adjacent to an activating group) is 3. The van der Waals surface area contributed by atoms with Crippen molar-refractivity contribution >= 4 is 140 Å². The number of thioether (sulfide) groups is 1. The molecule has 0 saturated carbocycles. The number of fused-ring (bicyclic) bond motifs is 4. The van der Waals surface area contributed by atoms with Gasteiger partial charge in [-0.2, -0.15) is 0 Å². The van der Waals surface area contributed by atoms with E-state index in [-0.39, 0.29) is 76.6 Å². The second-order valence-electron chi connectivity index (χ2n) is 31.4. The van der Waals surface area contributed by atoms with E-state index in [9.17, 15) is 97.5 Å². The van der Waals surface area contributed by atoms with E-state index >= 15 is 14.4 Å². The number of carboxylic acids is 1. The Hall–Kier alpha value is -12.8. The minimum absolute atomic E-state index is 0.0109. The van der Waals surface area contributed by atoms with Crippen LogP contribution in [-0.2, 0) is 106 Å². The average Bonchev–Trinajstić information content (AvgIpc) is 1.67. The second-order valence-corrected chi connectivity index (χ2v) is 32.4. The standard InChI is InChI=1S/C83H113N19O23S/c1-7-8-19-63-76(118)95-60(37-66(84)107)83(125)102-31-14-21-65(102)78(120)96-61(41-105)75(117)92-56(29-33-104)82(124)101-30-13-20-64(101)77(119)93-57(35-47-38-86-52-17-11-9-15-50(47)52)74(116)91-55(28-32-103)73(115)94-59(36-48-39-87-53-18-12-10-16-51(48)53)80(122)99(5)45(3)79(121)98(4)44(2)70(112)90-54(26-27-69(110)111)72(114)97-62(71(113)88-40-67(85)108)42-126-43-68(109)89-58(81(123)100(63)6)34-46-22-24-49(106)25-23-46/h9-12,15-18,22-25,38-39,44-45,54-65,86-87,103-106H,7-8,13-14,19-21,26-37,40-43H2,1-6H3,(H2,84,107)(H2,85,108)(H,88,113)(H,89,109)(H,90,112)(H,91,116)(H,92,117)(H,93,119)(H,94,115)(H,95,118)(H,96,120)(H,97,114)(H,110,111)/t44-,45-,54-,55-,56-,57-,58-,59-,60+,61-,62-,63-,64-,65-/m0/s1. The van der Waals surface area contributed by atoms with Crippen LogP contribution in [0.2, 0.25) is 0 Å². The van der Waals surface area contributed by atoms with Crippen LogP contribution in [0, 0.1) is 0 Å². The number of aromatic amines is 2. The number of amides is 17. The van der Waals surface area contributed by atoms with Crippen molar-refractivity contribution in [2.24, 2.45) is 11.5 Å². The van der Waals surface area contributed by atoms with Crippen molar-refractivity contribution in [1.82, 2.24) is 87.6 Å². The third-order valence-electron chi connectivity index (χ3n) is 22.5. The number of aromatic nitrogens is 2. The molecule has 684 valence electrons. The summed E-state index contributed by atoms with van der Waals surface area (Å²) in [7, 11) is 3.66. The molecule has 3 saturated heterocycles. The number of unbranched alkanes of at least 4 members (excludes halogenated alkanes) is 1. The van der Waals surface area contributed by atoms with Crippen molar-refractivity contribution in [3.8, 4) is 5.75 Å². The number of aliphatic carboxylic acids is 1. The van der Waals surface area contributed by atoms with Gasteiger partial charge in [-0.3, -0.25) is 86.3 Å². The van der Waals surface area contributed by atoms with Gasteiger partial charge in [-0.15, -0.1) is 11.8 Å². The number of carbonyl (C=O) groups excluding carboxylic acids is 17. The SMILES string of the molecule is CCCC[C@H]1C(=O)N[C@H](CC(N)=O)C(=O)N2CCC[C@H]2C(=O)N[C@@H](CO)C(=O)N[C@@H](CCO)C(=O)N2CCC[C@H]2C(=O)N[C@@H](Cc2c[nH]c3ccccc23)C(=O)N[C@@H](CCO)C(=O)N[C@@H](Cc2c[nH]c3ccccc23)C(=O)N(C)[C@@H](C)C(=O)N(C)[C@@H](C)C(=O)N[C@@H](CCC(=O)O)C(=O)N[C@H](C(=O)NCC(N)=O)CSCC(=O)N[C@@H](Cc2ccc(O)cc2)C(=O)N1C. The van der Waals surface area contributed by atoms with Crippen LogP contribution in [0.3, 0.4) is 0 Å². The zero-order chi connectivity index (χ0) is 92.3. The lowest BCUT2D eigenvalue weighted by molar-refractivity contribution is -0.148. The van der Waals surface area contributed by atoms with Gasteiger partial charge in [0.15, 0.2) is 0 Å². The number of hydrogen-bond acceptors (Lipinski definition) is 23. The molecule has 5 heterocycles. The maximum absolute atomic E-state index is 15.2. The molecule has 0 aliphatic carbocycles. The molecule has 21 N–H and O–H groups in total. The van der Waals surface area contributed by atoms with Gasteiger partial charge in [0, 0.05) is 113 Å². The molecule has 2 aromatic heterocycles. The zero-order valence-electron chi connectivity index (χ0n) is 70.8. The quantitative estimate of drug-likeness (QED) is 0.0309. The molecule has 8 rings (SSSR count). The summed E-state index contributed by atoms with van der Waals surface area (Å²) in [4.78, 5) is 268. The summed E-state index contributed by atoms with van der Waals surface area (Å²) < 4.78 is 0.